The minimum absolute atomic E-state index is 0.170. The zero-order valence-electron chi connectivity index (χ0n) is 13.8. The molecule has 7 heteroatoms. The molecule has 1 aliphatic heterocycles. The molecule has 2 aromatic heterocycles. The van der Waals surface area contributed by atoms with Gasteiger partial charge in [-0.3, -0.25) is 0 Å². The van der Waals surface area contributed by atoms with Crippen molar-refractivity contribution in [3.05, 3.63) is 18.6 Å². The van der Waals surface area contributed by atoms with Crippen molar-refractivity contribution in [2.75, 3.05) is 18.8 Å². The van der Waals surface area contributed by atoms with Crippen LogP contribution < -0.4 is 5.73 Å². The van der Waals surface area contributed by atoms with Crippen LogP contribution in [0.3, 0.4) is 0 Å². The van der Waals surface area contributed by atoms with Crippen LogP contribution in [-0.2, 0) is 4.74 Å². The highest BCUT2D eigenvalue weighted by Gasteiger charge is 2.29. The molecule has 2 N–H and O–H groups in total. The van der Waals surface area contributed by atoms with Crippen molar-refractivity contribution in [2.45, 2.75) is 45.3 Å². The number of anilines is 1. The summed E-state index contributed by atoms with van der Waals surface area (Å²) in [5, 5.41) is 0.849. The summed E-state index contributed by atoms with van der Waals surface area (Å²) in [7, 11) is 0. The Morgan fingerprint density at radius 3 is 2.91 bits per heavy atom. The second kappa shape index (κ2) is 5.72. The molecule has 1 amide bonds. The maximum atomic E-state index is 12.3. The van der Waals surface area contributed by atoms with E-state index in [-0.39, 0.29) is 12.1 Å². The van der Waals surface area contributed by atoms with E-state index in [9.17, 15) is 4.79 Å². The van der Waals surface area contributed by atoms with Gasteiger partial charge in [0, 0.05) is 19.3 Å². The van der Waals surface area contributed by atoms with Crippen molar-refractivity contribution in [2.24, 2.45) is 0 Å². The van der Waals surface area contributed by atoms with Gasteiger partial charge in [0.05, 0.1) is 11.4 Å². The maximum absolute atomic E-state index is 12.3. The van der Waals surface area contributed by atoms with Gasteiger partial charge in [-0.05, 0) is 39.7 Å². The number of aromatic nitrogens is 3. The van der Waals surface area contributed by atoms with Gasteiger partial charge in [-0.25, -0.2) is 14.8 Å². The van der Waals surface area contributed by atoms with Crippen molar-refractivity contribution < 1.29 is 9.53 Å². The monoisotopic (exact) mass is 317 g/mol. The molecule has 0 saturated carbocycles. The lowest BCUT2D eigenvalue weighted by Crippen LogP contribution is -2.43. The number of nitrogens with two attached hydrogens (primary N) is 1. The molecule has 0 spiro atoms. The Morgan fingerprint density at radius 1 is 1.39 bits per heavy atom. The summed E-state index contributed by atoms with van der Waals surface area (Å²) >= 11 is 0. The summed E-state index contributed by atoms with van der Waals surface area (Å²) < 4.78 is 7.57. The highest BCUT2D eigenvalue weighted by molar-refractivity contribution is 5.86. The topological polar surface area (TPSA) is 86.3 Å². The number of carbonyl (C=O) groups is 1. The number of hydrogen-bond acceptors (Lipinski definition) is 5. The SMILES string of the molecule is CC(C)(C)OC(=O)N1CCCC(n2ccc3c(N)ncnc32)C1. The van der Waals surface area contributed by atoms with E-state index in [0.717, 1.165) is 30.4 Å². The van der Waals surface area contributed by atoms with Crippen LogP contribution in [0, 0.1) is 0 Å². The molecule has 1 aliphatic rings. The third-order valence-corrected chi connectivity index (χ3v) is 3.98. The van der Waals surface area contributed by atoms with E-state index in [4.69, 9.17) is 10.5 Å². The van der Waals surface area contributed by atoms with Gasteiger partial charge >= 0.3 is 6.09 Å². The molecule has 7 nitrogen and oxygen atoms in total. The molecular formula is C16H23N5O2. The van der Waals surface area contributed by atoms with Crippen LogP contribution in [-0.4, -0.2) is 44.2 Å². The van der Waals surface area contributed by atoms with E-state index in [1.165, 1.54) is 6.33 Å². The molecule has 0 aliphatic carbocycles. The first kappa shape index (κ1) is 15.6. The number of piperidine rings is 1. The Labute approximate surface area is 135 Å². The van der Waals surface area contributed by atoms with Gasteiger partial charge in [-0.1, -0.05) is 0 Å². The van der Waals surface area contributed by atoms with E-state index >= 15 is 0 Å². The number of likely N-dealkylation sites (tertiary alicyclic amines) is 1. The van der Waals surface area contributed by atoms with Crippen molar-refractivity contribution >= 4 is 22.9 Å². The van der Waals surface area contributed by atoms with Gasteiger partial charge in [0.1, 0.15) is 23.4 Å². The minimum atomic E-state index is -0.480. The van der Waals surface area contributed by atoms with Gasteiger partial charge in [-0.15, -0.1) is 0 Å². The van der Waals surface area contributed by atoms with Crippen LogP contribution >= 0.6 is 0 Å². The van der Waals surface area contributed by atoms with E-state index in [1.807, 2.05) is 33.0 Å². The van der Waals surface area contributed by atoms with E-state index in [0.29, 0.717) is 12.4 Å². The van der Waals surface area contributed by atoms with Gasteiger partial charge in [0.15, 0.2) is 0 Å². The van der Waals surface area contributed by atoms with E-state index in [2.05, 4.69) is 14.5 Å². The first-order valence-electron chi connectivity index (χ1n) is 7.90. The molecule has 124 valence electrons. The zero-order chi connectivity index (χ0) is 16.6. The second-order valence-corrected chi connectivity index (χ2v) is 6.94. The van der Waals surface area contributed by atoms with Crippen LogP contribution in [0.4, 0.5) is 10.6 Å². The number of nitrogen functional groups attached to an aromatic ring is 1. The van der Waals surface area contributed by atoms with Gasteiger partial charge in [-0.2, -0.15) is 0 Å². The molecule has 1 unspecified atom stereocenters. The van der Waals surface area contributed by atoms with Crippen LogP contribution in [0.5, 0.6) is 0 Å². The van der Waals surface area contributed by atoms with E-state index in [1.54, 1.807) is 4.90 Å². The lowest BCUT2D eigenvalue weighted by atomic mass is 10.1. The molecule has 0 radical (unpaired) electrons. The number of carbonyl (C=O) groups excluding carboxylic acids is 1. The number of hydrogen-bond donors (Lipinski definition) is 1. The molecule has 3 heterocycles. The molecule has 3 rings (SSSR count). The minimum Gasteiger partial charge on any atom is -0.444 e. The second-order valence-electron chi connectivity index (χ2n) is 6.94. The van der Waals surface area contributed by atoms with Crippen molar-refractivity contribution in [3.63, 3.8) is 0 Å². The quantitative estimate of drug-likeness (QED) is 0.873. The van der Waals surface area contributed by atoms with Crippen LogP contribution in [0.2, 0.25) is 0 Å². The summed E-state index contributed by atoms with van der Waals surface area (Å²) in [6.07, 6.45) is 5.12. The number of ether oxygens (including phenoxy) is 1. The molecule has 1 atom stereocenters. The van der Waals surface area contributed by atoms with E-state index < -0.39 is 5.60 Å². The highest BCUT2D eigenvalue weighted by atomic mass is 16.6. The Morgan fingerprint density at radius 2 is 2.17 bits per heavy atom. The number of nitrogens with zero attached hydrogens (tertiary/aromatic N) is 4. The largest absolute Gasteiger partial charge is 0.444 e. The molecule has 2 aromatic rings. The lowest BCUT2D eigenvalue weighted by molar-refractivity contribution is 0.0174. The average molecular weight is 317 g/mol. The fourth-order valence-electron chi connectivity index (χ4n) is 2.96. The average Bonchev–Trinajstić information content (AvgIpc) is 2.91. The van der Waals surface area contributed by atoms with Crippen LogP contribution in [0.25, 0.3) is 11.0 Å². The predicted octanol–water partition coefficient (Wildman–Crippen LogP) is 2.59. The number of fused-ring (bicyclic) bond motifs is 1. The Kier molecular flexibility index (Phi) is 3.87. The smallest absolute Gasteiger partial charge is 0.410 e. The first-order valence-corrected chi connectivity index (χ1v) is 7.90. The molecule has 1 saturated heterocycles. The van der Waals surface area contributed by atoms with Gasteiger partial charge in [0.25, 0.3) is 0 Å². The van der Waals surface area contributed by atoms with Crippen LogP contribution in [0.1, 0.15) is 39.7 Å². The van der Waals surface area contributed by atoms with Crippen molar-refractivity contribution in [1.82, 2.24) is 19.4 Å². The summed E-state index contributed by atoms with van der Waals surface area (Å²) in [4.78, 5) is 22.4. The number of amides is 1. The van der Waals surface area contributed by atoms with Gasteiger partial charge in [0.2, 0.25) is 0 Å². The third-order valence-electron chi connectivity index (χ3n) is 3.98. The Hall–Kier alpha value is -2.31. The highest BCUT2D eigenvalue weighted by Crippen LogP contribution is 2.28. The Bertz CT molecular complexity index is 719. The first-order chi connectivity index (χ1) is 10.8. The molecule has 0 bridgehead atoms. The molecule has 0 aromatic carbocycles. The van der Waals surface area contributed by atoms with Crippen molar-refractivity contribution in [3.8, 4) is 0 Å². The van der Waals surface area contributed by atoms with Gasteiger partial charge < -0.3 is 19.9 Å². The zero-order valence-corrected chi connectivity index (χ0v) is 13.8. The third kappa shape index (κ3) is 3.23. The van der Waals surface area contributed by atoms with Crippen molar-refractivity contribution in [1.29, 1.82) is 0 Å². The number of rotatable bonds is 1. The maximum Gasteiger partial charge on any atom is 0.410 e. The summed E-state index contributed by atoms with van der Waals surface area (Å²) in [5.74, 6) is 0.480. The fraction of sp³-hybridized carbons (Fsp3) is 0.562. The standard InChI is InChI=1S/C16H23N5O2/c1-16(2,3)23-15(22)20-7-4-5-11(9-20)21-8-6-12-13(17)18-10-19-14(12)21/h6,8,10-11H,4-5,7,9H2,1-3H3,(H2,17,18,19). The summed E-state index contributed by atoms with van der Waals surface area (Å²) in [6.45, 7) is 6.98. The molecule has 1 fully saturated rings. The normalized spacial score (nSPS) is 19.1. The predicted molar refractivity (Wildman–Crippen MR) is 88.0 cm³/mol. The summed E-state index contributed by atoms with van der Waals surface area (Å²) in [5.41, 5.74) is 6.23. The molecule has 23 heavy (non-hydrogen) atoms. The Balaban J connectivity index is 1.80. The summed E-state index contributed by atoms with van der Waals surface area (Å²) in [6, 6.07) is 2.10. The lowest BCUT2D eigenvalue weighted by Gasteiger charge is -2.34. The molecular weight excluding hydrogens is 294 g/mol. The van der Waals surface area contributed by atoms with Crippen LogP contribution in [0.15, 0.2) is 18.6 Å². The fourth-order valence-corrected chi connectivity index (χ4v) is 2.96.